The number of amides is 2. The van der Waals surface area contributed by atoms with Crippen LogP contribution in [0.25, 0.3) is 0 Å². The monoisotopic (exact) mass is 519 g/mol. The molecular formula is C21H30ClN3O6S2. The Morgan fingerprint density at radius 3 is 2.48 bits per heavy atom. The lowest BCUT2D eigenvalue weighted by atomic mass is 9.89. The number of aryl methyl sites for hydroxylation is 1. The summed E-state index contributed by atoms with van der Waals surface area (Å²) < 4.78 is 39.3. The Morgan fingerprint density at radius 1 is 1.12 bits per heavy atom. The maximum absolute atomic E-state index is 13.5. The Morgan fingerprint density at radius 2 is 1.82 bits per heavy atom. The largest absolute Gasteiger partial charge is 0.381 e. The van der Waals surface area contributed by atoms with Crippen LogP contribution in [0, 0.1) is 5.92 Å². The number of carbonyl (C=O) groups excluding carboxylic acids is 2. The van der Waals surface area contributed by atoms with Crippen molar-refractivity contribution in [2.75, 3.05) is 51.8 Å². The van der Waals surface area contributed by atoms with Gasteiger partial charge in [-0.2, -0.15) is 0 Å². The number of rotatable bonds is 8. The third-order valence-corrected chi connectivity index (χ3v) is 9.11. The summed E-state index contributed by atoms with van der Waals surface area (Å²) in [5, 5.41) is 0. The van der Waals surface area contributed by atoms with E-state index in [0.717, 1.165) is 4.88 Å². The SMILES string of the molecule is O=C(C(C1CCOCC1)N1CC[C@H](NS(=O)(=O)CCc2ccc(Cl)s2)C1=O)N1CCOCC1. The van der Waals surface area contributed by atoms with Crippen LogP contribution in [-0.4, -0.2) is 93.9 Å². The van der Waals surface area contributed by atoms with Crippen LogP contribution in [0.4, 0.5) is 0 Å². The first kappa shape index (κ1) is 24.9. The van der Waals surface area contributed by atoms with E-state index in [2.05, 4.69) is 4.72 Å². The van der Waals surface area contributed by atoms with Crippen LogP contribution in [0.3, 0.4) is 0 Å². The predicted molar refractivity (Wildman–Crippen MR) is 125 cm³/mol. The molecule has 4 rings (SSSR count). The van der Waals surface area contributed by atoms with Gasteiger partial charge in [0.1, 0.15) is 12.1 Å². The molecule has 0 aliphatic carbocycles. The first-order valence-corrected chi connectivity index (χ1v) is 14.2. The van der Waals surface area contributed by atoms with Gasteiger partial charge in [0, 0.05) is 37.7 Å². The van der Waals surface area contributed by atoms with Gasteiger partial charge in [0.25, 0.3) is 0 Å². The van der Waals surface area contributed by atoms with Crippen LogP contribution in [-0.2, 0) is 35.5 Å². The maximum Gasteiger partial charge on any atom is 0.245 e. The van der Waals surface area contributed by atoms with Gasteiger partial charge in [-0.3, -0.25) is 9.59 Å². The van der Waals surface area contributed by atoms with E-state index in [4.69, 9.17) is 21.1 Å². The molecule has 4 heterocycles. The molecule has 1 aromatic rings. The van der Waals surface area contributed by atoms with Gasteiger partial charge in [0.15, 0.2) is 0 Å². The van der Waals surface area contributed by atoms with E-state index >= 15 is 0 Å². The third kappa shape index (κ3) is 6.26. The molecule has 3 saturated heterocycles. The second-order valence-electron chi connectivity index (χ2n) is 8.60. The standard InChI is InChI=1S/C21H30ClN3O6S2/c22-18-2-1-16(32-18)6-14-33(28,29)23-17-3-7-25(20(17)26)19(15-4-10-30-11-5-15)21(27)24-8-12-31-13-9-24/h1-2,15,17,19,23H,3-14H2/t17-,19?/m0/s1. The van der Waals surface area contributed by atoms with Crippen molar-refractivity contribution in [1.29, 1.82) is 0 Å². The average Bonchev–Trinajstić information content (AvgIpc) is 3.39. The number of hydrogen-bond acceptors (Lipinski definition) is 7. The number of nitrogens with one attached hydrogen (secondary N) is 1. The van der Waals surface area contributed by atoms with E-state index in [9.17, 15) is 18.0 Å². The fourth-order valence-electron chi connectivity index (χ4n) is 4.68. The Balaban J connectivity index is 1.43. The van der Waals surface area contributed by atoms with Gasteiger partial charge < -0.3 is 19.3 Å². The molecular weight excluding hydrogens is 490 g/mol. The molecule has 2 amide bonds. The van der Waals surface area contributed by atoms with Gasteiger partial charge >= 0.3 is 0 Å². The maximum atomic E-state index is 13.5. The average molecular weight is 520 g/mol. The first-order chi connectivity index (χ1) is 15.8. The van der Waals surface area contributed by atoms with Crippen LogP contribution < -0.4 is 4.72 Å². The Bertz CT molecular complexity index is 944. The summed E-state index contributed by atoms with van der Waals surface area (Å²) in [7, 11) is -3.67. The predicted octanol–water partition coefficient (Wildman–Crippen LogP) is 1.12. The number of morpholine rings is 1. The highest BCUT2D eigenvalue weighted by molar-refractivity contribution is 7.89. The van der Waals surface area contributed by atoms with E-state index in [1.165, 1.54) is 11.3 Å². The van der Waals surface area contributed by atoms with Crippen LogP contribution in [0.5, 0.6) is 0 Å². The summed E-state index contributed by atoms with van der Waals surface area (Å²) in [5.74, 6) is -0.520. The summed E-state index contributed by atoms with van der Waals surface area (Å²) in [5.41, 5.74) is 0. The highest BCUT2D eigenvalue weighted by atomic mass is 35.5. The lowest BCUT2D eigenvalue weighted by Crippen LogP contribution is -2.57. The Kier molecular flexibility index (Phi) is 8.29. The second-order valence-corrected chi connectivity index (χ2v) is 12.3. The molecule has 184 valence electrons. The van der Waals surface area contributed by atoms with Crippen LogP contribution in [0.2, 0.25) is 4.34 Å². The summed E-state index contributed by atoms with van der Waals surface area (Å²) in [6.45, 7) is 3.44. The minimum Gasteiger partial charge on any atom is -0.381 e. The zero-order valence-electron chi connectivity index (χ0n) is 18.4. The number of halogens is 1. The molecule has 33 heavy (non-hydrogen) atoms. The molecule has 3 aliphatic heterocycles. The molecule has 9 nitrogen and oxygen atoms in total. The lowest BCUT2D eigenvalue weighted by Gasteiger charge is -2.39. The number of sulfonamides is 1. The molecule has 12 heteroatoms. The summed E-state index contributed by atoms with van der Waals surface area (Å²) >= 11 is 7.26. The second kappa shape index (κ2) is 11.0. The van der Waals surface area contributed by atoms with Crippen molar-refractivity contribution in [3.63, 3.8) is 0 Å². The fourth-order valence-corrected chi connectivity index (χ4v) is 7.15. The van der Waals surface area contributed by atoms with Crippen LogP contribution in [0.1, 0.15) is 24.1 Å². The summed E-state index contributed by atoms with van der Waals surface area (Å²) in [4.78, 5) is 31.0. The van der Waals surface area contributed by atoms with Gasteiger partial charge in [0.2, 0.25) is 21.8 Å². The van der Waals surface area contributed by atoms with Gasteiger partial charge in [0.05, 0.1) is 23.3 Å². The first-order valence-electron chi connectivity index (χ1n) is 11.3. The van der Waals surface area contributed by atoms with Gasteiger partial charge in [-0.05, 0) is 43.7 Å². The topological polar surface area (TPSA) is 105 Å². The summed E-state index contributed by atoms with van der Waals surface area (Å²) in [6.07, 6.45) is 2.07. The Labute approximate surface area is 203 Å². The van der Waals surface area contributed by atoms with Gasteiger partial charge in [-0.1, -0.05) is 11.6 Å². The molecule has 3 fully saturated rings. The van der Waals surface area contributed by atoms with Crippen molar-refractivity contribution >= 4 is 44.8 Å². The number of hydrogen-bond donors (Lipinski definition) is 1. The van der Waals surface area contributed by atoms with Crippen molar-refractivity contribution in [1.82, 2.24) is 14.5 Å². The molecule has 1 N–H and O–H groups in total. The van der Waals surface area contributed by atoms with Gasteiger partial charge in [-0.25, -0.2) is 13.1 Å². The van der Waals surface area contributed by atoms with E-state index in [0.29, 0.717) is 76.1 Å². The smallest absolute Gasteiger partial charge is 0.245 e. The highest BCUT2D eigenvalue weighted by Gasteiger charge is 2.45. The van der Waals surface area contributed by atoms with Crippen LogP contribution >= 0.6 is 22.9 Å². The fraction of sp³-hybridized carbons (Fsp3) is 0.714. The van der Waals surface area contributed by atoms with E-state index < -0.39 is 22.1 Å². The number of thiophene rings is 1. The highest BCUT2D eigenvalue weighted by Crippen LogP contribution is 2.29. The van der Waals surface area contributed by atoms with Crippen molar-refractivity contribution in [2.45, 2.75) is 37.8 Å². The van der Waals surface area contributed by atoms with Crippen LogP contribution in [0.15, 0.2) is 12.1 Å². The normalized spacial score (nSPS) is 23.8. The molecule has 0 spiro atoms. The van der Waals surface area contributed by atoms with Crippen molar-refractivity contribution in [3.05, 3.63) is 21.3 Å². The molecule has 3 aliphatic rings. The molecule has 0 aromatic carbocycles. The number of carbonyl (C=O) groups is 2. The third-order valence-electron chi connectivity index (χ3n) is 6.43. The zero-order valence-corrected chi connectivity index (χ0v) is 20.8. The molecule has 1 unspecified atom stereocenters. The van der Waals surface area contributed by atoms with E-state index in [-0.39, 0.29) is 23.5 Å². The van der Waals surface area contributed by atoms with E-state index in [1.807, 2.05) is 0 Å². The Hall–Kier alpha value is -1.24. The number of nitrogens with zero attached hydrogens (tertiary/aromatic N) is 2. The zero-order chi connectivity index (χ0) is 23.4. The summed E-state index contributed by atoms with van der Waals surface area (Å²) in [6, 6.07) is 2.10. The van der Waals surface area contributed by atoms with Crippen molar-refractivity contribution in [3.8, 4) is 0 Å². The molecule has 2 atom stereocenters. The van der Waals surface area contributed by atoms with Crippen molar-refractivity contribution < 1.29 is 27.5 Å². The molecule has 0 saturated carbocycles. The number of likely N-dealkylation sites (tertiary alicyclic amines) is 1. The number of ether oxygens (including phenoxy) is 2. The minimum absolute atomic E-state index is 0.00280. The van der Waals surface area contributed by atoms with E-state index in [1.54, 1.807) is 21.9 Å². The quantitative estimate of drug-likeness (QED) is 0.552. The lowest BCUT2D eigenvalue weighted by molar-refractivity contribution is -0.150. The molecule has 1 aromatic heterocycles. The van der Waals surface area contributed by atoms with Gasteiger partial charge in [-0.15, -0.1) is 11.3 Å². The molecule has 0 radical (unpaired) electrons. The van der Waals surface area contributed by atoms with Crippen molar-refractivity contribution in [2.24, 2.45) is 5.92 Å². The minimum atomic E-state index is -3.67. The molecule has 0 bridgehead atoms.